The maximum absolute atomic E-state index is 11.1. The number of ether oxygens (including phenoxy) is 1. The van der Waals surface area contributed by atoms with E-state index in [4.69, 9.17) is 16.3 Å². The van der Waals surface area contributed by atoms with Gasteiger partial charge < -0.3 is 4.74 Å². The molecule has 0 spiro atoms. The van der Waals surface area contributed by atoms with Crippen LogP contribution in [-0.4, -0.2) is 11.8 Å². The second kappa shape index (κ2) is 10.5. The van der Waals surface area contributed by atoms with Crippen LogP contribution in [0.2, 0.25) is 0 Å². The van der Waals surface area contributed by atoms with Gasteiger partial charge in [0, 0.05) is 11.3 Å². The minimum Gasteiger partial charge on any atom is -0.494 e. The van der Waals surface area contributed by atoms with Gasteiger partial charge in [-0.3, -0.25) is 4.79 Å². The number of hydrogen-bond donors (Lipinski definition) is 0. The average Bonchev–Trinajstić information content (AvgIpc) is 3.04. The lowest BCUT2D eigenvalue weighted by molar-refractivity contribution is 0.108. The van der Waals surface area contributed by atoms with Gasteiger partial charge in [-0.2, -0.15) is 0 Å². The van der Waals surface area contributed by atoms with Crippen LogP contribution < -0.4 is 4.74 Å². The number of rotatable bonds is 11. The van der Waals surface area contributed by atoms with E-state index in [-0.39, 0.29) is 5.24 Å². The SMILES string of the molecule is CCCCCCCCOc1ccc(Cc2ccc(C(=O)Cl)s2)cc1. The maximum atomic E-state index is 11.1. The first-order valence-electron chi connectivity index (χ1n) is 8.69. The molecule has 1 heterocycles. The fraction of sp³-hybridized carbons (Fsp3) is 0.450. The van der Waals surface area contributed by atoms with E-state index in [1.807, 2.05) is 18.2 Å². The first-order chi connectivity index (χ1) is 11.7. The Kier molecular flexibility index (Phi) is 8.34. The largest absolute Gasteiger partial charge is 0.494 e. The summed E-state index contributed by atoms with van der Waals surface area (Å²) in [6.07, 6.45) is 8.46. The molecule has 24 heavy (non-hydrogen) atoms. The van der Waals surface area contributed by atoms with Crippen LogP contribution in [0.15, 0.2) is 36.4 Å². The molecule has 0 unspecified atom stereocenters. The number of thiophene rings is 1. The number of halogens is 1. The summed E-state index contributed by atoms with van der Waals surface area (Å²) in [5.41, 5.74) is 1.21. The smallest absolute Gasteiger partial charge is 0.262 e. The Morgan fingerprint density at radius 2 is 1.71 bits per heavy atom. The fourth-order valence-electron chi connectivity index (χ4n) is 2.56. The molecular weight excluding hydrogens is 340 g/mol. The molecule has 1 aromatic carbocycles. The molecule has 0 fully saturated rings. The van der Waals surface area contributed by atoms with Gasteiger partial charge in [-0.25, -0.2) is 0 Å². The van der Waals surface area contributed by atoms with E-state index in [9.17, 15) is 4.79 Å². The van der Waals surface area contributed by atoms with E-state index in [1.54, 1.807) is 6.07 Å². The minimum atomic E-state index is -0.385. The van der Waals surface area contributed by atoms with Crippen molar-refractivity contribution in [2.75, 3.05) is 6.61 Å². The Labute approximate surface area is 153 Å². The van der Waals surface area contributed by atoms with Crippen molar-refractivity contribution in [2.45, 2.75) is 51.9 Å². The standard InChI is InChI=1S/C20H25ClO2S/c1-2-3-4-5-6-7-14-23-17-10-8-16(9-11-17)15-18-12-13-19(24-18)20(21)22/h8-13H,2-7,14-15H2,1H3. The highest BCUT2D eigenvalue weighted by Gasteiger charge is 2.06. The molecule has 0 aliphatic carbocycles. The summed E-state index contributed by atoms with van der Waals surface area (Å²) in [6.45, 7) is 3.03. The van der Waals surface area contributed by atoms with Crippen molar-refractivity contribution in [3.05, 3.63) is 51.7 Å². The molecule has 0 aliphatic rings. The van der Waals surface area contributed by atoms with Crippen molar-refractivity contribution in [1.29, 1.82) is 0 Å². The molecule has 2 rings (SSSR count). The zero-order valence-electron chi connectivity index (χ0n) is 14.2. The van der Waals surface area contributed by atoms with Gasteiger partial charge in [-0.1, -0.05) is 51.2 Å². The molecule has 2 nitrogen and oxygen atoms in total. The molecule has 0 bridgehead atoms. The Morgan fingerprint density at radius 3 is 2.38 bits per heavy atom. The zero-order valence-corrected chi connectivity index (χ0v) is 15.8. The van der Waals surface area contributed by atoms with E-state index >= 15 is 0 Å². The average molecular weight is 365 g/mol. The summed E-state index contributed by atoms with van der Waals surface area (Å²) in [5, 5.41) is -0.385. The van der Waals surface area contributed by atoms with Gasteiger partial charge in [0.25, 0.3) is 5.24 Å². The van der Waals surface area contributed by atoms with Crippen LogP contribution >= 0.6 is 22.9 Å². The van der Waals surface area contributed by atoms with E-state index in [0.29, 0.717) is 4.88 Å². The molecule has 0 saturated carbocycles. The lowest BCUT2D eigenvalue weighted by atomic mass is 10.1. The topological polar surface area (TPSA) is 26.3 Å². The Bertz CT molecular complexity index is 619. The first-order valence-corrected chi connectivity index (χ1v) is 9.88. The Morgan fingerprint density at radius 1 is 1.00 bits per heavy atom. The third-order valence-corrected chi connectivity index (χ3v) is 5.32. The van der Waals surface area contributed by atoms with Gasteiger partial charge in [-0.05, 0) is 47.9 Å². The molecule has 0 atom stereocenters. The molecule has 130 valence electrons. The van der Waals surface area contributed by atoms with Crippen molar-refractivity contribution in [3.8, 4) is 5.75 Å². The monoisotopic (exact) mass is 364 g/mol. The third kappa shape index (κ3) is 6.66. The minimum absolute atomic E-state index is 0.385. The molecule has 4 heteroatoms. The molecule has 0 amide bonds. The second-order valence-electron chi connectivity index (χ2n) is 5.98. The van der Waals surface area contributed by atoms with E-state index in [0.717, 1.165) is 30.1 Å². The van der Waals surface area contributed by atoms with Crippen LogP contribution in [-0.2, 0) is 6.42 Å². The molecule has 0 saturated heterocycles. The van der Waals surface area contributed by atoms with Crippen molar-refractivity contribution < 1.29 is 9.53 Å². The van der Waals surface area contributed by atoms with Crippen LogP contribution in [0, 0.1) is 0 Å². The highest BCUT2D eigenvalue weighted by atomic mass is 35.5. The maximum Gasteiger partial charge on any atom is 0.262 e. The van der Waals surface area contributed by atoms with Crippen molar-refractivity contribution in [1.82, 2.24) is 0 Å². The van der Waals surface area contributed by atoms with Gasteiger partial charge in [0.05, 0.1) is 11.5 Å². The predicted octanol–water partition coefficient (Wildman–Crippen LogP) is 6.46. The van der Waals surface area contributed by atoms with Gasteiger partial charge >= 0.3 is 0 Å². The summed E-state index contributed by atoms with van der Waals surface area (Å²) >= 11 is 6.94. The van der Waals surface area contributed by atoms with Crippen molar-refractivity contribution in [3.63, 3.8) is 0 Å². The van der Waals surface area contributed by atoms with Crippen LogP contribution in [0.5, 0.6) is 5.75 Å². The number of carbonyl (C=O) groups excluding carboxylic acids is 1. The summed E-state index contributed by atoms with van der Waals surface area (Å²) in [4.78, 5) is 12.9. The van der Waals surface area contributed by atoms with E-state index in [2.05, 4.69) is 19.1 Å². The molecule has 2 aromatic rings. The second-order valence-corrected chi connectivity index (χ2v) is 7.49. The molecule has 0 aliphatic heterocycles. The van der Waals surface area contributed by atoms with E-state index < -0.39 is 0 Å². The lowest BCUT2D eigenvalue weighted by Crippen LogP contribution is -1.97. The van der Waals surface area contributed by atoms with Crippen LogP contribution in [0.1, 0.15) is 65.6 Å². The normalized spacial score (nSPS) is 10.8. The summed E-state index contributed by atoms with van der Waals surface area (Å²) in [5.74, 6) is 0.926. The van der Waals surface area contributed by atoms with Gasteiger partial charge in [-0.15, -0.1) is 11.3 Å². The number of carbonyl (C=O) groups is 1. The number of hydrogen-bond acceptors (Lipinski definition) is 3. The Balaban J connectivity index is 1.71. The first kappa shape index (κ1) is 19.0. The summed E-state index contributed by atoms with van der Waals surface area (Å²) in [6, 6.07) is 12.0. The van der Waals surface area contributed by atoms with Crippen molar-refractivity contribution >= 4 is 28.2 Å². The van der Waals surface area contributed by atoms with Crippen molar-refractivity contribution in [2.24, 2.45) is 0 Å². The molecular formula is C20H25ClO2S. The van der Waals surface area contributed by atoms with Gasteiger partial charge in [0.15, 0.2) is 0 Å². The molecule has 0 N–H and O–H groups in total. The summed E-state index contributed by atoms with van der Waals surface area (Å²) < 4.78 is 5.79. The van der Waals surface area contributed by atoms with Crippen LogP contribution in [0.3, 0.4) is 0 Å². The lowest BCUT2D eigenvalue weighted by Gasteiger charge is -2.07. The highest BCUT2D eigenvalue weighted by molar-refractivity contribution is 7.15. The van der Waals surface area contributed by atoms with Gasteiger partial charge in [0.1, 0.15) is 5.75 Å². The van der Waals surface area contributed by atoms with E-state index in [1.165, 1.54) is 49.0 Å². The predicted molar refractivity (Wildman–Crippen MR) is 103 cm³/mol. The van der Waals surface area contributed by atoms with Crippen LogP contribution in [0.25, 0.3) is 0 Å². The van der Waals surface area contributed by atoms with Crippen LogP contribution in [0.4, 0.5) is 0 Å². The third-order valence-electron chi connectivity index (χ3n) is 3.92. The molecule has 1 aromatic heterocycles. The quantitative estimate of drug-likeness (QED) is 0.338. The number of benzene rings is 1. The zero-order chi connectivity index (χ0) is 17.2. The Hall–Kier alpha value is -1.32. The summed E-state index contributed by atoms with van der Waals surface area (Å²) in [7, 11) is 0. The fourth-order valence-corrected chi connectivity index (χ4v) is 3.61. The molecule has 0 radical (unpaired) electrons. The highest BCUT2D eigenvalue weighted by Crippen LogP contribution is 2.22. The van der Waals surface area contributed by atoms with Gasteiger partial charge in [0.2, 0.25) is 0 Å². The number of unbranched alkanes of at least 4 members (excludes halogenated alkanes) is 5.